The zero-order valence-electron chi connectivity index (χ0n) is 33.2. The summed E-state index contributed by atoms with van der Waals surface area (Å²) in [5.74, 6) is 0.444. The summed E-state index contributed by atoms with van der Waals surface area (Å²) in [7, 11) is 0. The highest BCUT2D eigenvalue weighted by Gasteiger charge is 2.70. The molecule has 7 rings (SSSR count). The SMILES string of the molecule is CC(C)C1=C2[C@H]3CC[C@@H]4[C@@]5(C)CC[C@H](OC(=O)[C@H]6C[C@@H](C(=O)O)C6(C)C)C(C)(C)[C@@H]5CC[C@@]4(C)[C@]3(C)CC[C@@]2(CCNC(=O)C2CCC2)CC1=O. The van der Waals surface area contributed by atoms with Crippen LogP contribution in [0.2, 0.25) is 0 Å². The van der Waals surface area contributed by atoms with E-state index in [2.05, 4.69) is 53.8 Å². The van der Waals surface area contributed by atoms with Gasteiger partial charge in [-0.1, -0.05) is 74.3 Å². The van der Waals surface area contributed by atoms with Crippen LogP contribution in [-0.2, 0) is 23.9 Å². The maximum Gasteiger partial charge on any atom is 0.309 e. The molecule has 0 radical (unpaired) electrons. The first kappa shape index (κ1) is 37.1. The Morgan fingerprint density at radius 3 is 2.14 bits per heavy atom. The number of carbonyl (C=O) groups is 4. The number of ether oxygens (including phenoxy) is 1. The third kappa shape index (κ3) is 5.21. The molecule has 0 spiro atoms. The topological polar surface area (TPSA) is 110 Å². The summed E-state index contributed by atoms with van der Waals surface area (Å²) in [6.45, 7) is 21.3. The number of amides is 1. The number of ketones is 1. The third-order valence-corrected chi connectivity index (χ3v) is 18.0. The number of rotatable bonds is 8. The summed E-state index contributed by atoms with van der Waals surface area (Å²) in [5, 5.41) is 12.9. The van der Waals surface area contributed by atoms with Crippen molar-refractivity contribution in [2.45, 2.75) is 158 Å². The maximum atomic E-state index is 13.9. The monoisotopic (exact) mass is 705 g/mol. The van der Waals surface area contributed by atoms with E-state index >= 15 is 0 Å². The van der Waals surface area contributed by atoms with Crippen LogP contribution in [0.5, 0.6) is 0 Å². The average Bonchev–Trinajstić information content (AvgIpc) is 3.29. The summed E-state index contributed by atoms with van der Waals surface area (Å²) in [6, 6.07) is 0. The largest absolute Gasteiger partial charge is 0.481 e. The molecule has 0 aromatic rings. The first-order valence-corrected chi connectivity index (χ1v) is 20.7. The van der Waals surface area contributed by atoms with Gasteiger partial charge in [0.15, 0.2) is 5.78 Å². The summed E-state index contributed by atoms with van der Waals surface area (Å²) in [4.78, 5) is 52.1. The van der Waals surface area contributed by atoms with Crippen molar-refractivity contribution in [1.82, 2.24) is 5.32 Å². The Morgan fingerprint density at radius 1 is 0.824 bits per heavy atom. The molecule has 7 aliphatic rings. The van der Waals surface area contributed by atoms with Crippen LogP contribution in [0.15, 0.2) is 11.1 Å². The first-order chi connectivity index (χ1) is 23.7. The molecule has 51 heavy (non-hydrogen) atoms. The normalized spacial score (nSPS) is 43.9. The molecule has 6 fully saturated rings. The van der Waals surface area contributed by atoms with E-state index in [0.717, 1.165) is 82.6 Å². The van der Waals surface area contributed by atoms with E-state index in [4.69, 9.17) is 4.74 Å². The lowest BCUT2D eigenvalue weighted by atomic mass is 9.33. The van der Waals surface area contributed by atoms with E-state index in [9.17, 15) is 24.3 Å². The number of Topliss-reactive ketones (excluding diaryl/α,β-unsaturated/α-hetero) is 1. The van der Waals surface area contributed by atoms with Crippen LogP contribution in [0, 0.1) is 73.9 Å². The Labute approximate surface area is 307 Å². The predicted molar refractivity (Wildman–Crippen MR) is 197 cm³/mol. The average molecular weight is 706 g/mol. The van der Waals surface area contributed by atoms with E-state index in [0.29, 0.717) is 42.9 Å². The maximum absolute atomic E-state index is 13.9. The molecule has 0 unspecified atom stereocenters. The van der Waals surface area contributed by atoms with Crippen molar-refractivity contribution < 1.29 is 29.0 Å². The molecule has 284 valence electrons. The Kier molecular flexibility index (Phi) is 8.86. The van der Waals surface area contributed by atoms with Crippen molar-refractivity contribution in [2.75, 3.05) is 6.54 Å². The minimum atomic E-state index is -0.820. The van der Waals surface area contributed by atoms with E-state index in [-0.39, 0.29) is 62.8 Å². The van der Waals surface area contributed by atoms with Gasteiger partial charge in [-0.25, -0.2) is 0 Å². The van der Waals surface area contributed by atoms with E-state index in [1.165, 1.54) is 5.57 Å². The number of carboxylic acids is 1. The molecule has 10 atom stereocenters. The number of carbonyl (C=O) groups excluding carboxylic acids is 3. The number of allylic oxidation sites excluding steroid dienone is 2. The molecule has 6 saturated carbocycles. The quantitative estimate of drug-likeness (QED) is 0.244. The summed E-state index contributed by atoms with van der Waals surface area (Å²) in [5.41, 5.74) is 2.05. The zero-order chi connectivity index (χ0) is 37.1. The first-order valence-electron chi connectivity index (χ1n) is 20.7. The van der Waals surface area contributed by atoms with Crippen molar-refractivity contribution in [1.29, 1.82) is 0 Å². The van der Waals surface area contributed by atoms with Crippen molar-refractivity contribution in [3.63, 3.8) is 0 Å². The van der Waals surface area contributed by atoms with E-state index < -0.39 is 17.3 Å². The number of esters is 1. The van der Waals surface area contributed by atoms with Gasteiger partial charge in [-0.15, -0.1) is 0 Å². The highest BCUT2D eigenvalue weighted by atomic mass is 16.5. The molecule has 2 N–H and O–H groups in total. The van der Waals surface area contributed by atoms with Gasteiger partial charge in [-0.2, -0.15) is 0 Å². The second-order valence-electron chi connectivity index (χ2n) is 20.9. The lowest BCUT2D eigenvalue weighted by molar-refractivity contribution is -0.236. The van der Waals surface area contributed by atoms with Crippen molar-refractivity contribution in [3.8, 4) is 0 Å². The molecule has 0 aromatic carbocycles. The Hall–Kier alpha value is -2.18. The van der Waals surface area contributed by atoms with Gasteiger partial charge in [0.05, 0.1) is 11.8 Å². The van der Waals surface area contributed by atoms with Gasteiger partial charge in [-0.3, -0.25) is 19.2 Å². The molecule has 0 bridgehead atoms. The van der Waals surface area contributed by atoms with Crippen LogP contribution in [-0.4, -0.2) is 41.4 Å². The lowest BCUT2D eigenvalue weighted by Crippen LogP contribution is -2.66. The molecule has 0 saturated heterocycles. The zero-order valence-corrected chi connectivity index (χ0v) is 33.2. The number of fused-ring (bicyclic) bond motifs is 7. The van der Waals surface area contributed by atoms with Crippen molar-refractivity contribution in [2.24, 2.45) is 73.9 Å². The van der Waals surface area contributed by atoms with Gasteiger partial charge < -0.3 is 15.2 Å². The second kappa shape index (κ2) is 12.2. The molecule has 7 nitrogen and oxygen atoms in total. The fourth-order valence-corrected chi connectivity index (χ4v) is 14.4. The molecule has 7 aliphatic carbocycles. The molecule has 0 aromatic heterocycles. The van der Waals surface area contributed by atoms with Crippen LogP contribution in [0.25, 0.3) is 0 Å². The fraction of sp³-hybridized carbons (Fsp3) is 0.864. The van der Waals surface area contributed by atoms with Crippen LogP contribution >= 0.6 is 0 Å². The molecule has 7 heteroatoms. The Morgan fingerprint density at radius 2 is 1.53 bits per heavy atom. The summed E-state index contributed by atoms with van der Waals surface area (Å²) in [6.07, 6.45) is 13.4. The third-order valence-electron chi connectivity index (χ3n) is 18.0. The number of aliphatic carboxylic acids is 1. The van der Waals surface area contributed by atoms with E-state index in [1.54, 1.807) is 0 Å². The molecule has 0 heterocycles. The van der Waals surface area contributed by atoms with Crippen molar-refractivity contribution in [3.05, 3.63) is 11.1 Å². The van der Waals surface area contributed by atoms with Gasteiger partial charge >= 0.3 is 11.9 Å². The summed E-state index contributed by atoms with van der Waals surface area (Å²) >= 11 is 0. The van der Waals surface area contributed by atoms with Crippen molar-refractivity contribution >= 4 is 23.6 Å². The van der Waals surface area contributed by atoms with Gasteiger partial charge in [0.1, 0.15) is 6.10 Å². The smallest absolute Gasteiger partial charge is 0.309 e. The number of hydrogen-bond donors (Lipinski definition) is 2. The van der Waals surface area contributed by atoms with Crippen LogP contribution in [0.3, 0.4) is 0 Å². The second-order valence-corrected chi connectivity index (χ2v) is 20.9. The number of carboxylic acid groups (broad SMARTS) is 1. The minimum Gasteiger partial charge on any atom is -0.481 e. The number of nitrogens with one attached hydrogen (secondary N) is 1. The standard InChI is InChI=1S/C44H67NO6/c1-25(2)34-30(46)24-44(21-22-45-36(47)26-11-10-12-26)20-19-42(8)27(35(34)44)13-14-32-41(7)17-16-33(40(5,6)31(41)15-18-43(32,42)9)51-38(50)29-23-28(37(48)49)39(29,3)4/h25-29,31-33H,10-24H2,1-9H3,(H,45,47)(H,48,49)/t27-,28+,29-,31+,32-,33+,41+,42-,43-,44-/m1/s1. The predicted octanol–water partition coefficient (Wildman–Crippen LogP) is 8.93. The van der Waals surface area contributed by atoms with Crippen LogP contribution < -0.4 is 5.32 Å². The highest BCUT2D eigenvalue weighted by molar-refractivity contribution is 6.00. The molecular weight excluding hydrogens is 638 g/mol. The highest BCUT2D eigenvalue weighted by Crippen LogP contribution is 2.77. The lowest BCUT2D eigenvalue weighted by Gasteiger charge is -2.72. The van der Waals surface area contributed by atoms with Crippen LogP contribution in [0.4, 0.5) is 0 Å². The Balaban J connectivity index is 1.12. The molecule has 1 amide bonds. The van der Waals surface area contributed by atoms with E-state index in [1.807, 2.05) is 13.8 Å². The fourth-order valence-electron chi connectivity index (χ4n) is 14.4. The minimum absolute atomic E-state index is 0.0899. The van der Waals surface area contributed by atoms with Gasteiger partial charge in [-0.05, 0) is 128 Å². The Bertz CT molecular complexity index is 1520. The molecule has 0 aliphatic heterocycles. The van der Waals surface area contributed by atoms with Gasteiger partial charge in [0.2, 0.25) is 5.91 Å². The van der Waals surface area contributed by atoms with Crippen LogP contribution in [0.1, 0.15) is 152 Å². The molecular formula is C44H67NO6. The number of hydrogen-bond acceptors (Lipinski definition) is 5. The van der Waals surface area contributed by atoms with Gasteiger partial charge in [0.25, 0.3) is 0 Å². The summed E-state index contributed by atoms with van der Waals surface area (Å²) < 4.78 is 6.41. The van der Waals surface area contributed by atoms with Gasteiger partial charge in [0, 0.05) is 29.7 Å².